The van der Waals surface area contributed by atoms with E-state index in [1.54, 1.807) is 24.3 Å². The number of nitrogens with zero attached hydrogens (tertiary/aromatic N) is 2. The zero-order valence-electron chi connectivity index (χ0n) is 24.7. The highest BCUT2D eigenvalue weighted by molar-refractivity contribution is 7.92. The SMILES string of the molecule is CS(=O)(=O)N(CCCC(=O)N(Cc1ccc(Cl)cc1Cl)C(Cc1ccccc1)C(=O)NC1CCCCC1)c1ccccc1F. The van der Waals surface area contributed by atoms with Crippen LogP contribution in [0.5, 0.6) is 0 Å². The van der Waals surface area contributed by atoms with E-state index in [2.05, 4.69) is 5.32 Å². The Morgan fingerprint density at radius 1 is 0.977 bits per heavy atom. The molecule has 0 bridgehead atoms. The Kier molecular flexibility index (Phi) is 12.1. The van der Waals surface area contributed by atoms with Crippen molar-refractivity contribution in [1.29, 1.82) is 0 Å². The van der Waals surface area contributed by atoms with Crippen LogP contribution in [0.4, 0.5) is 10.1 Å². The van der Waals surface area contributed by atoms with Crippen molar-refractivity contribution < 1.29 is 22.4 Å². The largest absolute Gasteiger partial charge is 0.352 e. The van der Waals surface area contributed by atoms with Crippen LogP contribution in [0.25, 0.3) is 0 Å². The summed E-state index contributed by atoms with van der Waals surface area (Å²) in [6.07, 6.45) is 6.29. The molecule has 0 spiro atoms. The van der Waals surface area contributed by atoms with Crippen molar-refractivity contribution in [2.75, 3.05) is 17.1 Å². The van der Waals surface area contributed by atoms with E-state index < -0.39 is 21.9 Å². The lowest BCUT2D eigenvalue weighted by molar-refractivity contribution is -0.141. The number of carbonyl (C=O) groups is 2. The number of rotatable bonds is 13. The lowest BCUT2D eigenvalue weighted by Crippen LogP contribution is -2.53. The molecule has 1 unspecified atom stereocenters. The smallest absolute Gasteiger partial charge is 0.243 e. The van der Waals surface area contributed by atoms with E-state index in [9.17, 15) is 22.4 Å². The molecule has 236 valence electrons. The van der Waals surface area contributed by atoms with Crippen LogP contribution in [0.15, 0.2) is 72.8 Å². The van der Waals surface area contributed by atoms with E-state index in [1.807, 2.05) is 30.3 Å². The predicted molar refractivity (Wildman–Crippen MR) is 174 cm³/mol. The molecular weight excluding hydrogens is 624 g/mol. The molecule has 1 atom stereocenters. The van der Waals surface area contributed by atoms with Gasteiger partial charge in [0.15, 0.2) is 0 Å². The molecule has 3 aromatic rings. The summed E-state index contributed by atoms with van der Waals surface area (Å²) in [6, 6.07) is 19.3. The minimum atomic E-state index is -3.83. The Hall–Kier alpha value is -3.14. The van der Waals surface area contributed by atoms with Crippen LogP contribution < -0.4 is 9.62 Å². The normalized spacial score (nSPS) is 14.5. The minimum Gasteiger partial charge on any atom is -0.352 e. The van der Waals surface area contributed by atoms with Crippen LogP contribution in [0.3, 0.4) is 0 Å². The molecule has 1 saturated carbocycles. The first-order valence-corrected chi connectivity index (χ1v) is 17.4. The van der Waals surface area contributed by atoms with Crippen LogP contribution in [-0.4, -0.2) is 50.0 Å². The van der Waals surface area contributed by atoms with Crippen LogP contribution in [0, 0.1) is 5.82 Å². The topological polar surface area (TPSA) is 86.8 Å². The number of benzene rings is 3. The Morgan fingerprint density at radius 2 is 1.66 bits per heavy atom. The monoisotopic (exact) mass is 661 g/mol. The van der Waals surface area contributed by atoms with Gasteiger partial charge in [0.1, 0.15) is 11.9 Å². The number of para-hydroxylation sites is 1. The lowest BCUT2D eigenvalue weighted by Gasteiger charge is -2.34. The highest BCUT2D eigenvalue weighted by Crippen LogP contribution is 2.26. The Balaban J connectivity index is 1.62. The van der Waals surface area contributed by atoms with Crippen LogP contribution in [-0.2, 0) is 32.6 Å². The maximum atomic E-state index is 14.5. The first-order valence-electron chi connectivity index (χ1n) is 14.8. The number of halogens is 3. The van der Waals surface area contributed by atoms with Crippen molar-refractivity contribution in [2.45, 2.75) is 70.0 Å². The minimum absolute atomic E-state index is 0.0367. The van der Waals surface area contributed by atoms with Gasteiger partial charge < -0.3 is 10.2 Å². The van der Waals surface area contributed by atoms with E-state index in [-0.39, 0.29) is 55.9 Å². The van der Waals surface area contributed by atoms with Gasteiger partial charge in [-0.25, -0.2) is 12.8 Å². The van der Waals surface area contributed by atoms with Gasteiger partial charge in [0.05, 0.1) is 11.9 Å². The third-order valence-electron chi connectivity index (χ3n) is 7.85. The molecule has 1 N–H and O–H groups in total. The van der Waals surface area contributed by atoms with Gasteiger partial charge in [-0.05, 0) is 54.7 Å². The molecule has 0 radical (unpaired) electrons. The van der Waals surface area contributed by atoms with Crippen molar-refractivity contribution >= 4 is 50.7 Å². The Labute approximate surface area is 269 Å². The maximum absolute atomic E-state index is 14.5. The van der Waals surface area contributed by atoms with E-state index in [4.69, 9.17) is 23.2 Å². The summed E-state index contributed by atoms with van der Waals surface area (Å²) in [5.41, 5.74) is 1.43. The Morgan fingerprint density at radius 3 is 2.32 bits per heavy atom. The van der Waals surface area contributed by atoms with Crippen molar-refractivity contribution in [3.8, 4) is 0 Å². The van der Waals surface area contributed by atoms with Gasteiger partial charge in [-0.2, -0.15) is 0 Å². The third-order valence-corrected chi connectivity index (χ3v) is 9.62. The molecular formula is C33H38Cl2FN3O4S. The van der Waals surface area contributed by atoms with Crippen LogP contribution in [0.2, 0.25) is 10.0 Å². The summed E-state index contributed by atoms with van der Waals surface area (Å²) in [7, 11) is -3.83. The van der Waals surface area contributed by atoms with Crippen LogP contribution in [0.1, 0.15) is 56.1 Å². The number of nitrogens with one attached hydrogen (secondary N) is 1. The zero-order valence-corrected chi connectivity index (χ0v) is 27.1. The fourth-order valence-corrected chi connectivity index (χ4v) is 7.00. The first-order chi connectivity index (χ1) is 21.0. The number of hydrogen-bond acceptors (Lipinski definition) is 4. The molecule has 0 saturated heterocycles. The highest BCUT2D eigenvalue weighted by atomic mass is 35.5. The first kappa shape index (κ1) is 33.7. The summed E-state index contributed by atoms with van der Waals surface area (Å²) in [6.45, 7) is -0.0633. The quantitative estimate of drug-likeness (QED) is 0.219. The van der Waals surface area contributed by atoms with Gasteiger partial charge in [-0.1, -0.05) is 91.0 Å². The fourth-order valence-electron chi connectivity index (χ4n) is 5.57. The second-order valence-corrected chi connectivity index (χ2v) is 13.9. The Bertz CT molecular complexity index is 1530. The van der Waals surface area contributed by atoms with Gasteiger partial charge in [-0.15, -0.1) is 0 Å². The summed E-state index contributed by atoms with van der Waals surface area (Å²) < 4.78 is 40.7. The second kappa shape index (κ2) is 15.7. The van der Waals surface area contributed by atoms with E-state index in [0.29, 0.717) is 15.6 Å². The molecule has 1 aliphatic carbocycles. The number of amides is 2. The molecule has 1 aliphatic rings. The standard InChI is InChI=1S/C33H38Cl2FN3O4S/c1-44(42,43)39(30-16-9-8-15-29(30)36)20-10-17-32(40)38(23-25-18-19-26(34)22-28(25)35)31(21-24-11-4-2-5-12-24)33(41)37-27-13-6-3-7-14-27/h2,4-5,8-9,11-12,15-16,18-19,22,27,31H,3,6-7,10,13-14,17,20-21,23H2,1H3,(H,37,41). The lowest BCUT2D eigenvalue weighted by atomic mass is 9.94. The molecule has 0 aliphatic heterocycles. The van der Waals surface area contributed by atoms with Crippen LogP contribution >= 0.6 is 23.2 Å². The number of sulfonamides is 1. The molecule has 11 heteroatoms. The molecule has 0 aromatic heterocycles. The molecule has 0 heterocycles. The molecule has 4 rings (SSSR count). The summed E-state index contributed by atoms with van der Waals surface area (Å²) >= 11 is 12.7. The number of hydrogen-bond donors (Lipinski definition) is 1. The fraction of sp³-hybridized carbons (Fsp3) is 0.394. The second-order valence-electron chi connectivity index (χ2n) is 11.2. The maximum Gasteiger partial charge on any atom is 0.243 e. The number of carbonyl (C=O) groups excluding carboxylic acids is 2. The van der Waals surface area contributed by atoms with E-state index >= 15 is 0 Å². The summed E-state index contributed by atoms with van der Waals surface area (Å²) in [5.74, 6) is -1.27. The van der Waals surface area contributed by atoms with Gasteiger partial charge >= 0.3 is 0 Å². The summed E-state index contributed by atoms with van der Waals surface area (Å²) in [4.78, 5) is 29.5. The van der Waals surface area contributed by atoms with E-state index in [1.165, 1.54) is 23.1 Å². The van der Waals surface area contributed by atoms with Crippen molar-refractivity contribution in [1.82, 2.24) is 10.2 Å². The zero-order chi connectivity index (χ0) is 31.7. The predicted octanol–water partition coefficient (Wildman–Crippen LogP) is 6.77. The molecule has 7 nitrogen and oxygen atoms in total. The van der Waals surface area contributed by atoms with Gasteiger partial charge in [-0.3, -0.25) is 13.9 Å². The molecule has 1 fully saturated rings. The average Bonchev–Trinajstić information content (AvgIpc) is 2.99. The number of anilines is 1. The van der Waals surface area contributed by atoms with Crippen molar-refractivity contribution in [3.63, 3.8) is 0 Å². The van der Waals surface area contributed by atoms with Crippen molar-refractivity contribution in [2.24, 2.45) is 0 Å². The molecule has 2 amide bonds. The van der Waals surface area contributed by atoms with E-state index in [0.717, 1.165) is 48.2 Å². The molecule has 3 aromatic carbocycles. The molecule has 44 heavy (non-hydrogen) atoms. The summed E-state index contributed by atoms with van der Waals surface area (Å²) in [5, 5.41) is 4.00. The van der Waals surface area contributed by atoms with Gasteiger partial charge in [0.2, 0.25) is 21.8 Å². The highest BCUT2D eigenvalue weighted by Gasteiger charge is 2.32. The van der Waals surface area contributed by atoms with Crippen molar-refractivity contribution in [3.05, 3.63) is 99.8 Å². The van der Waals surface area contributed by atoms with Gasteiger partial charge in [0, 0.05) is 42.0 Å². The van der Waals surface area contributed by atoms with Gasteiger partial charge in [0.25, 0.3) is 0 Å². The third kappa shape index (κ3) is 9.43. The average molecular weight is 663 g/mol.